The molecule has 0 spiro atoms. The van der Waals surface area contributed by atoms with Gasteiger partial charge < -0.3 is 14.1 Å². The molecule has 1 aromatic heterocycles. The Kier molecular flexibility index (Phi) is 7.31. The number of rotatable bonds is 7. The van der Waals surface area contributed by atoms with Crippen LogP contribution in [0.25, 0.3) is 60.7 Å². The van der Waals surface area contributed by atoms with Crippen LogP contribution < -0.4 is 9.64 Å². The largest absolute Gasteiger partial charge is 0.457 e. The van der Waals surface area contributed by atoms with Crippen molar-refractivity contribution >= 4 is 55.5 Å². The minimum Gasteiger partial charge on any atom is -0.457 e. The second-order valence-electron chi connectivity index (χ2n) is 14.6. The van der Waals surface area contributed by atoms with Gasteiger partial charge in [-0.25, -0.2) is 0 Å². The van der Waals surface area contributed by atoms with Gasteiger partial charge in [0.1, 0.15) is 17.1 Å². The number of nitrogens with zero attached hydrogens (tertiary/aromatic N) is 1. The zero-order valence-electron chi connectivity index (χ0n) is 30.2. The standard InChI is InChI=1S/C51H37NO2/c1-33(53-39-18-8-5-9-19-39)40-22-14-24-47-48(40)49-41-20-11-10-17-36(41)31-46(50(49)54-47)52(37-27-25-35(26-28-37)34-15-6-4-7-16-34)38-29-30-43-42-21-12-13-23-44(42)51(2,3)45(43)32-38/h4-32H,1H2,2-3H3. The number of para-hydroxylation sites is 1. The van der Waals surface area contributed by atoms with Gasteiger partial charge in [-0.1, -0.05) is 148 Å². The van der Waals surface area contributed by atoms with E-state index in [0.29, 0.717) is 5.76 Å². The van der Waals surface area contributed by atoms with Crippen LogP contribution in [0.3, 0.4) is 0 Å². The molecule has 0 saturated carbocycles. The minimum atomic E-state index is -0.156. The third kappa shape index (κ3) is 5.04. The zero-order valence-corrected chi connectivity index (χ0v) is 30.2. The maximum absolute atomic E-state index is 7.00. The van der Waals surface area contributed by atoms with Crippen molar-refractivity contribution in [3.05, 3.63) is 199 Å². The molecule has 258 valence electrons. The molecule has 0 unspecified atom stereocenters. The SMILES string of the molecule is C=C(Oc1ccccc1)c1cccc2oc3c(N(c4ccc(-c5ccccc5)cc4)c4ccc5c(c4)C(C)(C)c4ccccc4-5)cc4ccccc4c3c12. The predicted octanol–water partition coefficient (Wildman–Crippen LogP) is 14.2. The summed E-state index contributed by atoms with van der Waals surface area (Å²) in [5, 5.41) is 4.24. The van der Waals surface area contributed by atoms with E-state index in [4.69, 9.17) is 9.15 Å². The van der Waals surface area contributed by atoms with Gasteiger partial charge in [-0.05, 0) is 92.7 Å². The monoisotopic (exact) mass is 695 g/mol. The highest BCUT2D eigenvalue weighted by Gasteiger charge is 2.36. The van der Waals surface area contributed by atoms with Gasteiger partial charge in [0.2, 0.25) is 0 Å². The van der Waals surface area contributed by atoms with Crippen molar-refractivity contribution < 1.29 is 9.15 Å². The van der Waals surface area contributed by atoms with Crippen molar-refractivity contribution in [1.82, 2.24) is 0 Å². The summed E-state index contributed by atoms with van der Waals surface area (Å²) in [4.78, 5) is 2.36. The summed E-state index contributed by atoms with van der Waals surface area (Å²) in [7, 11) is 0. The van der Waals surface area contributed by atoms with Gasteiger partial charge in [-0.15, -0.1) is 0 Å². The molecule has 0 saturated heterocycles. The first-order valence-corrected chi connectivity index (χ1v) is 18.4. The van der Waals surface area contributed by atoms with Crippen LogP contribution in [0.2, 0.25) is 0 Å². The highest BCUT2D eigenvalue weighted by molar-refractivity contribution is 6.25. The average Bonchev–Trinajstić information content (AvgIpc) is 3.72. The van der Waals surface area contributed by atoms with E-state index in [1.807, 2.05) is 42.5 Å². The summed E-state index contributed by atoms with van der Waals surface area (Å²) < 4.78 is 13.3. The molecule has 0 radical (unpaired) electrons. The van der Waals surface area contributed by atoms with Crippen LogP contribution in [-0.2, 0) is 5.41 Å². The van der Waals surface area contributed by atoms with Gasteiger partial charge >= 0.3 is 0 Å². The lowest BCUT2D eigenvalue weighted by atomic mass is 9.82. The molecular formula is C51H37NO2. The van der Waals surface area contributed by atoms with Crippen LogP contribution in [-0.4, -0.2) is 0 Å². The Morgan fingerprint density at radius 1 is 0.574 bits per heavy atom. The maximum atomic E-state index is 7.00. The maximum Gasteiger partial charge on any atom is 0.160 e. The molecule has 3 nitrogen and oxygen atoms in total. The predicted molar refractivity (Wildman–Crippen MR) is 225 cm³/mol. The molecule has 0 atom stereocenters. The van der Waals surface area contributed by atoms with E-state index >= 15 is 0 Å². The quantitative estimate of drug-likeness (QED) is 0.155. The first kappa shape index (κ1) is 31.9. The summed E-state index contributed by atoms with van der Waals surface area (Å²) in [6.45, 7) is 9.08. The van der Waals surface area contributed by atoms with Crippen molar-refractivity contribution in [3.63, 3.8) is 0 Å². The molecule has 1 aliphatic carbocycles. The smallest absolute Gasteiger partial charge is 0.160 e. The Balaban J connectivity index is 1.23. The van der Waals surface area contributed by atoms with Gasteiger partial charge in [-0.2, -0.15) is 0 Å². The lowest BCUT2D eigenvalue weighted by molar-refractivity contribution is 0.517. The van der Waals surface area contributed by atoms with E-state index in [1.165, 1.54) is 33.4 Å². The lowest BCUT2D eigenvalue weighted by Crippen LogP contribution is -2.16. The minimum absolute atomic E-state index is 0.156. The lowest BCUT2D eigenvalue weighted by Gasteiger charge is -2.28. The highest BCUT2D eigenvalue weighted by atomic mass is 16.5. The number of fused-ring (bicyclic) bond motifs is 8. The van der Waals surface area contributed by atoms with Crippen molar-refractivity contribution in [2.45, 2.75) is 19.3 Å². The van der Waals surface area contributed by atoms with Crippen LogP contribution in [0, 0.1) is 0 Å². The second kappa shape index (κ2) is 12.4. The van der Waals surface area contributed by atoms with Crippen molar-refractivity contribution in [3.8, 4) is 28.0 Å². The second-order valence-corrected chi connectivity index (χ2v) is 14.6. The molecule has 0 bridgehead atoms. The van der Waals surface area contributed by atoms with Gasteiger partial charge in [0.15, 0.2) is 5.58 Å². The fourth-order valence-corrected chi connectivity index (χ4v) is 8.43. The number of benzene rings is 8. The van der Waals surface area contributed by atoms with Crippen LogP contribution in [0.4, 0.5) is 17.1 Å². The molecule has 1 aliphatic rings. The van der Waals surface area contributed by atoms with E-state index in [2.05, 4.69) is 159 Å². The van der Waals surface area contributed by atoms with Crippen molar-refractivity contribution in [2.75, 3.05) is 4.90 Å². The molecule has 0 fully saturated rings. The van der Waals surface area contributed by atoms with Crippen LogP contribution in [0.5, 0.6) is 5.75 Å². The first-order valence-electron chi connectivity index (χ1n) is 18.4. The summed E-state index contributed by atoms with van der Waals surface area (Å²) >= 11 is 0. The Morgan fingerprint density at radius 2 is 1.24 bits per heavy atom. The average molecular weight is 696 g/mol. The summed E-state index contributed by atoms with van der Waals surface area (Å²) in [6, 6.07) is 61.9. The van der Waals surface area contributed by atoms with E-state index in [0.717, 1.165) is 61.1 Å². The molecule has 0 N–H and O–H groups in total. The Hall–Kier alpha value is -6.84. The molecule has 9 aromatic rings. The topological polar surface area (TPSA) is 25.6 Å². The Labute approximate surface area is 315 Å². The van der Waals surface area contributed by atoms with Gasteiger partial charge in [0, 0.05) is 33.1 Å². The van der Waals surface area contributed by atoms with E-state index < -0.39 is 0 Å². The van der Waals surface area contributed by atoms with Crippen LogP contribution in [0.1, 0.15) is 30.5 Å². The summed E-state index contributed by atoms with van der Waals surface area (Å²) in [5.41, 5.74) is 13.0. The van der Waals surface area contributed by atoms with E-state index in [1.54, 1.807) is 0 Å². The molecule has 54 heavy (non-hydrogen) atoms. The first-order chi connectivity index (χ1) is 26.5. The molecule has 8 aromatic carbocycles. The Morgan fingerprint density at radius 3 is 2.06 bits per heavy atom. The fourth-order valence-electron chi connectivity index (χ4n) is 8.43. The van der Waals surface area contributed by atoms with Gasteiger partial charge in [0.25, 0.3) is 0 Å². The molecular weight excluding hydrogens is 659 g/mol. The molecule has 10 rings (SSSR count). The molecule has 0 amide bonds. The third-order valence-corrected chi connectivity index (χ3v) is 11.1. The van der Waals surface area contributed by atoms with Crippen molar-refractivity contribution in [1.29, 1.82) is 0 Å². The van der Waals surface area contributed by atoms with E-state index in [-0.39, 0.29) is 5.41 Å². The number of hydrogen-bond acceptors (Lipinski definition) is 3. The summed E-state index contributed by atoms with van der Waals surface area (Å²) in [6.07, 6.45) is 0. The normalized spacial score (nSPS) is 12.9. The van der Waals surface area contributed by atoms with Crippen LogP contribution >= 0.6 is 0 Å². The Bertz CT molecular complexity index is 2880. The van der Waals surface area contributed by atoms with Gasteiger partial charge in [-0.3, -0.25) is 0 Å². The number of hydrogen-bond donors (Lipinski definition) is 0. The number of anilines is 3. The van der Waals surface area contributed by atoms with E-state index in [9.17, 15) is 0 Å². The third-order valence-electron chi connectivity index (χ3n) is 11.1. The highest BCUT2D eigenvalue weighted by Crippen LogP contribution is 2.52. The van der Waals surface area contributed by atoms with Crippen LogP contribution in [0.15, 0.2) is 187 Å². The zero-order chi connectivity index (χ0) is 36.4. The fraction of sp³-hybridized carbons (Fsp3) is 0.0588. The molecule has 1 heterocycles. The molecule has 0 aliphatic heterocycles. The van der Waals surface area contributed by atoms with Crippen molar-refractivity contribution in [2.24, 2.45) is 0 Å². The number of ether oxygens (including phenoxy) is 1. The number of furan rings is 1. The van der Waals surface area contributed by atoms with Gasteiger partial charge in [0.05, 0.1) is 5.69 Å². The summed E-state index contributed by atoms with van der Waals surface area (Å²) in [5.74, 6) is 1.31. The molecule has 3 heteroatoms.